The Labute approximate surface area is 144 Å². The van der Waals surface area contributed by atoms with Gasteiger partial charge in [-0.05, 0) is 30.9 Å². The lowest BCUT2D eigenvalue weighted by Gasteiger charge is -2.21. The molecule has 2 aromatic rings. The van der Waals surface area contributed by atoms with Crippen LogP contribution in [0.4, 0.5) is 0 Å². The Balaban J connectivity index is 1.53. The van der Waals surface area contributed by atoms with Crippen molar-refractivity contribution < 1.29 is 14.4 Å². The molecular weight excluding hydrogens is 330 g/mol. The minimum Gasteiger partial charge on any atom is -0.391 e. The first-order valence-corrected chi connectivity index (χ1v) is 8.45. The molecule has 4 rings (SSSR count). The van der Waals surface area contributed by atoms with Gasteiger partial charge in [-0.3, -0.25) is 4.79 Å². The molecule has 6 nitrogen and oxygen atoms in total. The van der Waals surface area contributed by atoms with Crippen molar-refractivity contribution in [2.75, 3.05) is 6.54 Å². The fourth-order valence-electron chi connectivity index (χ4n) is 3.54. The van der Waals surface area contributed by atoms with E-state index in [2.05, 4.69) is 10.1 Å². The van der Waals surface area contributed by atoms with Crippen LogP contribution >= 0.6 is 11.6 Å². The van der Waals surface area contributed by atoms with Gasteiger partial charge in [-0.2, -0.15) is 4.98 Å². The molecule has 1 aromatic heterocycles. The second-order valence-corrected chi connectivity index (χ2v) is 6.95. The monoisotopic (exact) mass is 347 g/mol. The van der Waals surface area contributed by atoms with E-state index in [-0.39, 0.29) is 23.8 Å². The summed E-state index contributed by atoms with van der Waals surface area (Å²) in [5.74, 6) is 1.000. The van der Waals surface area contributed by atoms with Crippen LogP contribution in [0, 0.1) is 12.8 Å². The topological polar surface area (TPSA) is 79.5 Å². The first-order valence-electron chi connectivity index (χ1n) is 8.07. The van der Waals surface area contributed by atoms with Gasteiger partial charge in [0.15, 0.2) is 5.82 Å². The Morgan fingerprint density at radius 3 is 2.88 bits per heavy atom. The highest BCUT2D eigenvalue weighted by molar-refractivity contribution is 6.31. The molecular formula is C17H18ClN3O3. The molecule has 7 heteroatoms. The summed E-state index contributed by atoms with van der Waals surface area (Å²) in [5.41, 5.74) is 1.02. The summed E-state index contributed by atoms with van der Waals surface area (Å²) in [6.07, 6.45) is 0.644. The number of carbonyl (C=O) groups excluding carboxylic acids is 1. The highest BCUT2D eigenvalue weighted by atomic mass is 35.5. The molecule has 1 aliphatic heterocycles. The predicted molar refractivity (Wildman–Crippen MR) is 86.4 cm³/mol. The van der Waals surface area contributed by atoms with Gasteiger partial charge in [0.2, 0.25) is 11.8 Å². The second-order valence-electron chi connectivity index (χ2n) is 6.55. The number of hydrogen-bond donors (Lipinski definition) is 1. The van der Waals surface area contributed by atoms with E-state index in [0.29, 0.717) is 29.7 Å². The molecule has 4 atom stereocenters. The van der Waals surface area contributed by atoms with E-state index in [4.69, 9.17) is 16.1 Å². The van der Waals surface area contributed by atoms with Gasteiger partial charge in [0.25, 0.3) is 0 Å². The van der Waals surface area contributed by atoms with Crippen molar-refractivity contribution in [2.45, 2.75) is 37.8 Å². The molecule has 0 unspecified atom stereocenters. The standard InChI is InChI=1S/C17H18ClN3O3/c1-9-19-16(24-20-9)15-6-10(22)8-21(15)17(23)13-7-12(13)11-4-2-3-5-14(11)18/h2-5,10,12-13,15,22H,6-8H2,1H3/t10-,12-,13-,15-/m1/s1. The third kappa shape index (κ3) is 2.70. The number of aliphatic hydroxyl groups excluding tert-OH is 1. The SMILES string of the molecule is Cc1noc([C@H]2C[C@@H](O)CN2C(=O)[C@@H]2C[C@@H]2c2ccccc2Cl)n1. The number of rotatable bonds is 3. The Hall–Kier alpha value is -1.92. The van der Waals surface area contributed by atoms with E-state index in [0.717, 1.165) is 12.0 Å². The average Bonchev–Trinajstić information content (AvgIpc) is 3.07. The summed E-state index contributed by atoms with van der Waals surface area (Å²) in [6.45, 7) is 2.04. The number of amides is 1. The molecule has 1 amide bonds. The third-order valence-corrected chi connectivity index (χ3v) is 5.15. The number of aryl methyl sites for hydroxylation is 1. The zero-order valence-electron chi connectivity index (χ0n) is 13.2. The summed E-state index contributed by atoms with van der Waals surface area (Å²) in [6, 6.07) is 7.29. The van der Waals surface area contributed by atoms with Gasteiger partial charge in [0.1, 0.15) is 6.04 Å². The number of hydrogen-bond acceptors (Lipinski definition) is 5. The van der Waals surface area contributed by atoms with Crippen LogP contribution in [0.25, 0.3) is 0 Å². The van der Waals surface area contributed by atoms with Crippen molar-refractivity contribution in [1.82, 2.24) is 15.0 Å². The zero-order valence-corrected chi connectivity index (χ0v) is 14.0. The van der Waals surface area contributed by atoms with Gasteiger partial charge in [-0.1, -0.05) is 35.0 Å². The minimum absolute atomic E-state index is 0.0253. The molecule has 0 bridgehead atoms. The number of likely N-dealkylation sites (tertiary alicyclic amines) is 1. The van der Waals surface area contributed by atoms with E-state index >= 15 is 0 Å². The van der Waals surface area contributed by atoms with E-state index < -0.39 is 6.10 Å². The molecule has 1 saturated heterocycles. The van der Waals surface area contributed by atoms with Crippen molar-refractivity contribution in [1.29, 1.82) is 0 Å². The summed E-state index contributed by atoms with van der Waals surface area (Å²) in [4.78, 5) is 18.8. The van der Waals surface area contributed by atoms with E-state index in [1.54, 1.807) is 11.8 Å². The number of benzene rings is 1. The van der Waals surface area contributed by atoms with Crippen LogP contribution in [0.5, 0.6) is 0 Å². The molecule has 1 N–H and O–H groups in total. The first kappa shape index (κ1) is 15.6. The van der Waals surface area contributed by atoms with Crippen LogP contribution in [0.3, 0.4) is 0 Å². The first-order chi connectivity index (χ1) is 11.5. The Kier molecular flexibility index (Phi) is 3.81. The molecule has 1 saturated carbocycles. The number of β-amino-alcohol motifs (C(OH)–C–C–N with tert-alkyl or cyclic N) is 1. The maximum Gasteiger partial charge on any atom is 0.249 e. The molecule has 1 aromatic carbocycles. The van der Waals surface area contributed by atoms with Gasteiger partial charge < -0.3 is 14.5 Å². The second kappa shape index (κ2) is 5.86. The van der Waals surface area contributed by atoms with Gasteiger partial charge in [-0.25, -0.2) is 0 Å². The van der Waals surface area contributed by atoms with Crippen LogP contribution in [0.1, 0.15) is 42.1 Å². The summed E-state index contributed by atoms with van der Waals surface area (Å²) >= 11 is 6.24. The minimum atomic E-state index is -0.566. The van der Waals surface area contributed by atoms with Crippen LogP contribution in [-0.2, 0) is 4.79 Å². The van der Waals surface area contributed by atoms with Crippen molar-refractivity contribution in [2.24, 2.45) is 5.92 Å². The van der Waals surface area contributed by atoms with Crippen LogP contribution in [0.15, 0.2) is 28.8 Å². The van der Waals surface area contributed by atoms with Crippen molar-refractivity contribution in [3.05, 3.63) is 46.6 Å². The van der Waals surface area contributed by atoms with E-state index in [1.165, 1.54) is 0 Å². The lowest BCUT2D eigenvalue weighted by atomic mass is 10.1. The van der Waals surface area contributed by atoms with Crippen LogP contribution in [0.2, 0.25) is 5.02 Å². The fourth-order valence-corrected chi connectivity index (χ4v) is 3.82. The zero-order chi connectivity index (χ0) is 16.8. The Morgan fingerprint density at radius 2 is 2.17 bits per heavy atom. The smallest absolute Gasteiger partial charge is 0.249 e. The predicted octanol–water partition coefficient (Wildman–Crippen LogP) is 2.47. The molecule has 2 aliphatic rings. The number of aromatic nitrogens is 2. The fraction of sp³-hybridized carbons (Fsp3) is 0.471. The highest BCUT2D eigenvalue weighted by Gasteiger charge is 2.50. The molecule has 126 valence electrons. The Morgan fingerprint density at radius 1 is 1.38 bits per heavy atom. The molecule has 0 radical (unpaired) electrons. The summed E-state index contributed by atoms with van der Waals surface area (Å²) in [7, 11) is 0. The molecule has 24 heavy (non-hydrogen) atoms. The quantitative estimate of drug-likeness (QED) is 0.922. The lowest BCUT2D eigenvalue weighted by molar-refractivity contribution is -0.134. The van der Waals surface area contributed by atoms with Gasteiger partial charge in [0, 0.05) is 23.9 Å². The highest BCUT2D eigenvalue weighted by Crippen LogP contribution is 2.51. The number of carbonyl (C=O) groups is 1. The number of aliphatic hydroxyl groups is 1. The van der Waals surface area contributed by atoms with Gasteiger partial charge in [-0.15, -0.1) is 0 Å². The maximum atomic E-state index is 12.9. The number of nitrogens with zero attached hydrogens (tertiary/aromatic N) is 3. The maximum absolute atomic E-state index is 12.9. The Bertz CT molecular complexity index is 778. The van der Waals surface area contributed by atoms with Crippen molar-refractivity contribution in [3.8, 4) is 0 Å². The largest absolute Gasteiger partial charge is 0.391 e. The molecule has 2 fully saturated rings. The van der Waals surface area contributed by atoms with Crippen molar-refractivity contribution >= 4 is 17.5 Å². The number of halogens is 1. The summed E-state index contributed by atoms with van der Waals surface area (Å²) in [5, 5.41) is 14.5. The molecule has 1 aliphatic carbocycles. The lowest BCUT2D eigenvalue weighted by Crippen LogP contribution is -2.33. The molecule has 2 heterocycles. The average molecular weight is 348 g/mol. The van der Waals surface area contributed by atoms with Crippen LogP contribution < -0.4 is 0 Å². The van der Waals surface area contributed by atoms with Crippen molar-refractivity contribution in [3.63, 3.8) is 0 Å². The normalized spacial score (nSPS) is 29.0. The van der Waals surface area contributed by atoms with Gasteiger partial charge in [0.05, 0.1) is 6.10 Å². The third-order valence-electron chi connectivity index (χ3n) is 4.80. The van der Waals surface area contributed by atoms with E-state index in [1.807, 2.05) is 24.3 Å². The molecule has 0 spiro atoms. The van der Waals surface area contributed by atoms with Crippen LogP contribution in [-0.4, -0.2) is 38.7 Å². The summed E-state index contributed by atoms with van der Waals surface area (Å²) < 4.78 is 5.22. The van der Waals surface area contributed by atoms with Gasteiger partial charge >= 0.3 is 0 Å². The van der Waals surface area contributed by atoms with E-state index in [9.17, 15) is 9.90 Å².